The van der Waals surface area contributed by atoms with Gasteiger partial charge >= 0.3 is 5.69 Å². The second kappa shape index (κ2) is 5.53. The number of aryl methyl sites for hydroxylation is 2. The maximum Gasteiger partial charge on any atom is 0.345 e. The van der Waals surface area contributed by atoms with Gasteiger partial charge in [-0.1, -0.05) is 19.1 Å². The highest BCUT2D eigenvalue weighted by Gasteiger charge is 2.01. The highest BCUT2D eigenvalue weighted by Crippen LogP contribution is 2.13. The number of hydrogen-bond acceptors (Lipinski definition) is 3. The SMILES string of the molecule is CCc1cccc(OCCn2ncn(C)c2=O)c1. The van der Waals surface area contributed by atoms with E-state index in [2.05, 4.69) is 18.1 Å². The standard InChI is InChI=1S/C13H17N3O2/c1-3-11-5-4-6-12(9-11)18-8-7-16-13(17)15(2)10-14-16/h4-6,9-10H,3,7-8H2,1-2H3. The topological polar surface area (TPSA) is 49.0 Å². The molecule has 0 saturated carbocycles. The van der Waals surface area contributed by atoms with E-state index in [1.165, 1.54) is 21.1 Å². The van der Waals surface area contributed by atoms with Crippen LogP contribution in [-0.2, 0) is 20.0 Å². The monoisotopic (exact) mass is 247 g/mol. The predicted molar refractivity (Wildman–Crippen MR) is 68.8 cm³/mol. The Kier molecular flexibility index (Phi) is 3.82. The molecule has 5 nitrogen and oxygen atoms in total. The van der Waals surface area contributed by atoms with Crippen molar-refractivity contribution in [2.45, 2.75) is 19.9 Å². The van der Waals surface area contributed by atoms with E-state index >= 15 is 0 Å². The van der Waals surface area contributed by atoms with E-state index in [1.807, 2.05) is 18.2 Å². The molecule has 96 valence electrons. The average Bonchev–Trinajstić information content (AvgIpc) is 2.71. The molecule has 0 unspecified atom stereocenters. The number of hydrogen-bond donors (Lipinski definition) is 0. The van der Waals surface area contributed by atoms with Crippen molar-refractivity contribution >= 4 is 0 Å². The van der Waals surface area contributed by atoms with Gasteiger partial charge in [0.1, 0.15) is 18.7 Å². The fraction of sp³-hybridized carbons (Fsp3) is 0.385. The smallest absolute Gasteiger partial charge is 0.345 e. The second-order valence-corrected chi connectivity index (χ2v) is 4.10. The second-order valence-electron chi connectivity index (χ2n) is 4.10. The minimum atomic E-state index is -0.124. The summed E-state index contributed by atoms with van der Waals surface area (Å²) in [6.07, 6.45) is 2.48. The molecule has 0 saturated heterocycles. The van der Waals surface area contributed by atoms with Gasteiger partial charge in [0.15, 0.2) is 0 Å². The van der Waals surface area contributed by atoms with Crippen LogP contribution in [0.4, 0.5) is 0 Å². The quantitative estimate of drug-likeness (QED) is 0.798. The summed E-state index contributed by atoms with van der Waals surface area (Å²) in [7, 11) is 1.68. The van der Waals surface area contributed by atoms with Gasteiger partial charge in [0.2, 0.25) is 0 Å². The molecule has 0 aliphatic heterocycles. The minimum absolute atomic E-state index is 0.124. The van der Waals surface area contributed by atoms with Gasteiger partial charge in [0.25, 0.3) is 0 Å². The first kappa shape index (κ1) is 12.4. The summed E-state index contributed by atoms with van der Waals surface area (Å²) >= 11 is 0. The Balaban J connectivity index is 1.92. The number of ether oxygens (including phenoxy) is 1. The van der Waals surface area contributed by atoms with Crippen LogP contribution in [0.15, 0.2) is 35.4 Å². The first-order valence-electron chi connectivity index (χ1n) is 6.01. The average molecular weight is 247 g/mol. The summed E-state index contributed by atoms with van der Waals surface area (Å²) in [5, 5.41) is 3.97. The third-order valence-corrected chi connectivity index (χ3v) is 2.77. The molecule has 0 bridgehead atoms. The third-order valence-electron chi connectivity index (χ3n) is 2.77. The fourth-order valence-electron chi connectivity index (χ4n) is 1.68. The van der Waals surface area contributed by atoms with Crippen LogP contribution in [0.5, 0.6) is 5.75 Å². The molecule has 1 aromatic carbocycles. The molecule has 0 fully saturated rings. The van der Waals surface area contributed by atoms with E-state index in [0.717, 1.165) is 12.2 Å². The summed E-state index contributed by atoms with van der Waals surface area (Å²) in [4.78, 5) is 11.5. The first-order valence-corrected chi connectivity index (χ1v) is 6.01. The van der Waals surface area contributed by atoms with Crippen LogP contribution in [0.2, 0.25) is 0 Å². The lowest BCUT2D eigenvalue weighted by atomic mass is 10.2. The molecular weight excluding hydrogens is 230 g/mol. The lowest BCUT2D eigenvalue weighted by Gasteiger charge is -2.06. The Morgan fingerprint density at radius 3 is 2.89 bits per heavy atom. The molecule has 0 aliphatic carbocycles. The van der Waals surface area contributed by atoms with Crippen molar-refractivity contribution in [1.82, 2.24) is 14.3 Å². The van der Waals surface area contributed by atoms with E-state index < -0.39 is 0 Å². The van der Waals surface area contributed by atoms with Gasteiger partial charge in [-0.05, 0) is 24.1 Å². The number of benzene rings is 1. The molecule has 1 aromatic heterocycles. The molecule has 5 heteroatoms. The van der Waals surface area contributed by atoms with E-state index in [1.54, 1.807) is 7.05 Å². The van der Waals surface area contributed by atoms with Gasteiger partial charge in [-0.2, -0.15) is 5.10 Å². The lowest BCUT2D eigenvalue weighted by Crippen LogP contribution is -2.25. The van der Waals surface area contributed by atoms with Gasteiger partial charge in [-0.25, -0.2) is 9.48 Å². The number of aromatic nitrogens is 3. The van der Waals surface area contributed by atoms with Crippen LogP contribution in [0.3, 0.4) is 0 Å². The molecule has 1 heterocycles. The summed E-state index contributed by atoms with van der Waals surface area (Å²) in [6, 6.07) is 7.97. The lowest BCUT2D eigenvalue weighted by molar-refractivity contribution is 0.288. The highest BCUT2D eigenvalue weighted by molar-refractivity contribution is 5.28. The fourth-order valence-corrected chi connectivity index (χ4v) is 1.68. The zero-order chi connectivity index (χ0) is 13.0. The van der Waals surface area contributed by atoms with Crippen molar-refractivity contribution in [3.63, 3.8) is 0 Å². The third kappa shape index (κ3) is 2.80. The molecule has 0 aliphatic rings. The van der Waals surface area contributed by atoms with Crippen LogP contribution in [-0.4, -0.2) is 21.0 Å². The Morgan fingerprint density at radius 2 is 2.22 bits per heavy atom. The maximum absolute atomic E-state index is 11.5. The van der Waals surface area contributed by atoms with Gasteiger partial charge in [-0.3, -0.25) is 4.57 Å². The Bertz CT molecular complexity index is 572. The van der Waals surface area contributed by atoms with Crippen LogP contribution < -0.4 is 10.4 Å². The van der Waals surface area contributed by atoms with Crippen molar-refractivity contribution in [3.8, 4) is 5.75 Å². The molecule has 2 aromatic rings. The summed E-state index contributed by atoms with van der Waals surface area (Å²) in [6.45, 7) is 2.99. The van der Waals surface area contributed by atoms with Crippen molar-refractivity contribution in [2.24, 2.45) is 7.05 Å². The van der Waals surface area contributed by atoms with Gasteiger partial charge in [0.05, 0.1) is 6.54 Å². The molecule has 2 rings (SSSR count). The van der Waals surface area contributed by atoms with E-state index in [9.17, 15) is 4.79 Å². The van der Waals surface area contributed by atoms with Crippen LogP contribution >= 0.6 is 0 Å². The van der Waals surface area contributed by atoms with Crippen molar-refractivity contribution in [2.75, 3.05) is 6.61 Å². The molecular formula is C13H17N3O2. The van der Waals surface area contributed by atoms with Crippen LogP contribution in [0.25, 0.3) is 0 Å². The molecule has 0 N–H and O–H groups in total. The first-order chi connectivity index (χ1) is 8.70. The van der Waals surface area contributed by atoms with Crippen LogP contribution in [0.1, 0.15) is 12.5 Å². The Labute approximate surface area is 106 Å². The summed E-state index contributed by atoms with van der Waals surface area (Å²) in [5.41, 5.74) is 1.11. The van der Waals surface area contributed by atoms with Crippen molar-refractivity contribution in [3.05, 3.63) is 46.6 Å². The van der Waals surface area contributed by atoms with E-state index in [4.69, 9.17) is 4.74 Å². The zero-order valence-corrected chi connectivity index (χ0v) is 10.7. The zero-order valence-electron chi connectivity index (χ0n) is 10.7. The van der Waals surface area contributed by atoms with Crippen LogP contribution in [0, 0.1) is 0 Å². The van der Waals surface area contributed by atoms with Crippen molar-refractivity contribution < 1.29 is 4.74 Å². The van der Waals surface area contributed by atoms with Crippen molar-refractivity contribution in [1.29, 1.82) is 0 Å². The molecule has 18 heavy (non-hydrogen) atoms. The van der Waals surface area contributed by atoms with E-state index in [-0.39, 0.29) is 5.69 Å². The van der Waals surface area contributed by atoms with Gasteiger partial charge < -0.3 is 4.74 Å². The largest absolute Gasteiger partial charge is 0.492 e. The Hall–Kier alpha value is -2.04. The van der Waals surface area contributed by atoms with Gasteiger partial charge in [0, 0.05) is 7.05 Å². The molecule has 0 spiro atoms. The normalized spacial score (nSPS) is 10.6. The minimum Gasteiger partial charge on any atom is -0.492 e. The van der Waals surface area contributed by atoms with Gasteiger partial charge in [-0.15, -0.1) is 0 Å². The highest BCUT2D eigenvalue weighted by atomic mass is 16.5. The molecule has 0 atom stereocenters. The summed E-state index contributed by atoms with van der Waals surface area (Å²) < 4.78 is 8.44. The molecule has 0 amide bonds. The Morgan fingerprint density at radius 1 is 1.39 bits per heavy atom. The van der Waals surface area contributed by atoms with E-state index in [0.29, 0.717) is 13.2 Å². The maximum atomic E-state index is 11.5. The summed E-state index contributed by atoms with van der Waals surface area (Å²) in [5.74, 6) is 0.832. The predicted octanol–water partition coefficient (Wildman–Crippen LogP) is 1.22. The molecule has 0 radical (unpaired) electrons. The number of nitrogens with zero attached hydrogens (tertiary/aromatic N) is 3. The number of rotatable bonds is 5.